The van der Waals surface area contributed by atoms with Crippen molar-refractivity contribution in [3.05, 3.63) is 54.0 Å². The highest BCUT2D eigenvalue weighted by atomic mass is 16.5. The van der Waals surface area contributed by atoms with Crippen molar-refractivity contribution in [1.29, 1.82) is 0 Å². The molecule has 7 heteroatoms. The number of nitrogens with one attached hydrogen (secondary N) is 2. The van der Waals surface area contributed by atoms with Crippen molar-refractivity contribution in [3.63, 3.8) is 0 Å². The number of ether oxygens (including phenoxy) is 1. The summed E-state index contributed by atoms with van der Waals surface area (Å²) in [6, 6.07) is 6.39. The average molecular weight is 286 g/mol. The zero-order chi connectivity index (χ0) is 15.1. The van der Waals surface area contributed by atoms with Crippen LogP contribution in [0.2, 0.25) is 0 Å². The molecule has 2 aromatic rings. The molecule has 0 atom stereocenters. The zero-order valence-electron chi connectivity index (χ0n) is 11.4. The summed E-state index contributed by atoms with van der Waals surface area (Å²) >= 11 is 0. The maximum Gasteiger partial charge on any atom is 0.275 e. The van der Waals surface area contributed by atoms with E-state index in [1.807, 2.05) is 0 Å². The van der Waals surface area contributed by atoms with Crippen LogP contribution in [-0.4, -0.2) is 28.4 Å². The summed E-state index contributed by atoms with van der Waals surface area (Å²) in [5.74, 6) is -0.754. The molecule has 0 unspecified atom stereocenters. The van der Waals surface area contributed by atoms with Crippen LogP contribution < -0.4 is 15.6 Å². The van der Waals surface area contributed by atoms with Gasteiger partial charge in [-0.25, -0.2) is 4.98 Å². The second kappa shape index (κ2) is 6.99. The predicted octanol–water partition coefficient (Wildman–Crippen LogP) is 0.950. The van der Waals surface area contributed by atoms with Crippen molar-refractivity contribution >= 4 is 11.8 Å². The fourth-order valence-corrected chi connectivity index (χ4v) is 1.57. The van der Waals surface area contributed by atoms with Crippen LogP contribution >= 0.6 is 0 Å². The van der Waals surface area contributed by atoms with Gasteiger partial charge in [0.25, 0.3) is 11.8 Å². The third kappa shape index (κ3) is 3.75. The van der Waals surface area contributed by atoms with Crippen LogP contribution in [0, 0.1) is 0 Å². The lowest BCUT2D eigenvalue weighted by molar-refractivity contribution is 0.0843. The molecule has 0 bridgehead atoms. The first-order valence-electron chi connectivity index (χ1n) is 6.31. The number of hydrogen-bond donors (Lipinski definition) is 2. The highest BCUT2D eigenvalue weighted by Crippen LogP contribution is 2.13. The largest absolute Gasteiger partial charge is 0.477 e. The Morgan fingerprint density at radius 3 is 2.62 bits per heavy atom. The topological polar surface area (TPSA) is 93.2 Å². The summed E-state index contributed by atoms with van der Waals surface area (Å²) in [7, 11) is 0. The minimum absolute atomic E-state index is 0.216. The Bertz CT molecular complexity index is 631. The molecule has 0 saturated heterocycles. The van der Waals surface area contributed by atoms with E-state index in [4.69, 9.17) is 4.74 Å². The Morgan fingerprint density at radius 2 is 1.90 bits per heavy atom. The molecule has 0 aliphatic carbocycles. The fourth-order valence-electron chi connectivity index (χ4n) is 1.57. The molecule has 2 amide bonds. The van der Waals surface area contributed by atoms with Gasteiger partial charge < -0.3 is 4.74 Å². The Morgan fingerprint density at radius 1 is 1.14 bits per heavy atom. The van der Waals surface area contributed by atoms with Crippen LogP contribution in [0.15, 0.2) is 42.9 Å². The summed E-state index contributed by atoms with van der Waals surface area (Å²) in [4.78, 5) is 31.6. The zero-order valence-corrected chi connectivity index (χ0v) is 11.4. The van der Waals surface area contributed by atoms with Crippen LogP contribution in [0.3, 0.4) is 0 Å². The monoisotopic (exact) mass is 286 g/mol. The Kier molecular flexibility index (Phi) is 4.81. The van der Waals surface area contributed by atoms with Crippen molar-refractivity contribution in [3.8, 4) is 5.88 Å². The third-order valence-corrected chi connectivity index (χ3v) is 2.51. The van der Waals surface area contributed by atoms with E-state index in [9.17, 15) is 9.59 Å². The molecular formula is C14H14N4O3. The van der Waals surface area contributed by atoms with E-state index < -0.39 is 11.8 Å². The smallest absolute Gasteiger partial charge is 0.275 e. The fraction of sp³-hybridized carbons (Fsp3) is 0.143. The van der Waals surface area contributed by atoms with Gasteiger partial charge in [-0.2, -0.15) is 0 Å². The number of nitrogens with zero attached hydrogens (tertiary/aromatic N) is 2. The summed E-state index contributed by atoms with van der Waals surface area (Å²) in [5.41, 5.74) is 5.20. The summed E-state index contributed by atoms with van der Waals surface area (Å²) in [6.45, 7) is 2.18. The van der Waals surface area contributed by atoms with Gasteiger partial charge in [-0.05, 0) is 31.2 Å². The van der Waals surface area contributed by atoms with Crippen LogP contribution in [0.4, 0.5) is 0 Å². The lowest BCUT2D eigenvalue weighted by Crippen LogP contribution is -2.41. The molecule has 0 spiro atoms. The van der Waals surface area contributed by atoms with Gasteiger partial charge in [-0.15, -0.1) is 0 Å². The number of aromatic nitrogens is 2. The van der Waals surface area contributed by atoms with Crippen molar-refractivity contribution in [2.45, 2.75) is 6.92 Å². The van der Waals surface area contributed by atoms with Crippen molar-refractivity contribution in [1.82, 2.24) is 20.8 Å². The number of pyridine rings is 2. The van der Waals surface area contributed by atoms with E-state index in [2.05, 4.69) is 20.8 Å². The van der Waals surface area contributed by atoms with Crippen molar-refractivity contribution in [2.75, 3.05) is 6.61 Å². The molecule has 108 valence electrons. The van der Waals surface area contributed by atoms with E-state index in [0.29, 0.717) is 12.2 Å². The molecule has 2 N–H and O–H groups in total. The molecule has 0 fully saturated rings. The van der Waals surface area contributed by atoms with Gasteiger partial charge in [0.15, 0.2) is 0 Å². The predicted molar refractivity (Wildman–Crippen MR) is 74.6 cm³/mol. The molecule has 2 heterocycles. The SMILES string of the molecule is CCOc1ncccc1C(=O)NNC(=O)c1cccnc1. The van der Waals surface area contributed by atoms with E-state index in [-0.39, 0.29) is 11.4 Å². The summed E-state index contributed by atoms with van der Waals surface area (Å²) in [5, 5.41) is 0. The first kappa shape index (κ1) is 14.4. The minimum atomic E-state index is -0.510. The minimum Gasteiger partial charge on any atom is -0.477 e. The van der Waals surface area contributed by atoms with E-state index in [1.54, 1.807) is 37.4 Å². The lowest BCUT2D eigenvalue weighted by Gasteiger charge is -2.10. The van der Waals surface area contributed by atoms with Gasteiger partial charge in [0.05, 0.1) is 12.2 Å². The molecule has 0 aliphatic heterocycles. The molecule has 0 aromatic carbocycles. The number of rotatable bonds is 4. The maximum atomic E-state index is 12.0. The first-order valence-corrected chi connectivity index (χ1v) is 6.31. The number of hydrazine groups is 1. The summed E-state index contributed by atoms with van der Waals surface area (Å²) < 4.78 is 5.25. The van der Waals surface area contributed by atoms with Crippen LogP contribution in [0.1, 0.15) is 27.6 Å². The summed E-state index contributed by atoms with van der Waals surface area (Å²) in [6.07, 6.45) is 4.48. The molecule has 0 aliphatic rings. The van der Waals surface area contributed by atoms with Gasteiger partial charge >= 0.3 is 0 Å². The number of amides is 2. The van der Waals surface area contributed by atoms with Gasteiger partial charge in [0.2, 0.25) is 5.88 Å². The first-order chi connectivity index (χ1) is 10.2. The van der Waals surface area contributed by atoms with Crippen LogP contribution in [0.25, 0.3) is 0 Å². The van der Waals surface area contributed by atoms with Gasteiger partial charge in [0.1, 0.15) is 5.56 Å². The quantitative estimate of drug-likeness (QED) is 0.816. The standard InChI is InChI=1S/C14H14N4O3/c1-2-21-14-11(6-4-8-16-14)13(20)18-17-12(19)10-5-3-7-15-9-10/h3-9H,2H2,1H3,(H,17,19)(H,18,20). The van der Waals surface area contributed by atoms with Gasteiger partial charge in [-0.3, -0.25) is 25.4 Å². The van der Waals surface area contributed by atoms with Crippen LogP contribution in [-0.2, 0) is 0 Å². The molecule has 21 heavy (non-hydrogen) atoms. The van der Waals surface area contributed by atoms with E-state index in [1.165, 1.54) is 12.4 Å². The molecule has 0 radical (unpaired) electrons. The van der Waals surface area contributed by atoms with Gasteiger partial charge in [0, 0.05) is 18.6 Å². The molecule has 2 aromatic heterocycles. The number of carbonyl (C=O) groups is 2. The van der Waals surface area contributed by atoms with Crippen molar-refractivity contribution in [2.24, 2.45) is 0 Å². The highest BCUT2D eigenvalue weighted by Gasteiger charge is 2.14. The highest BCUT2D eigenvalue weighted by molar-refractivity contribution is 5.99. The third-order valence-electron chi connectivity index (χ3n) is 2.51. The molecule has 0 saturated carbocycles. The second-order valence-corrected chi connectivity index (χ2v) is 3.94. The van der Waals surface area contributed by atoms with Gasteiger partial charge in [-0.1, -0.05) is 0 Å². The van der Waals surface area contributed by atoms with Crippen molar-refractivity contribution < 1.29 is 14.3 Å². The Labute approximate surface area is 121 Å². The van der Waals surface area contributed by atoms with E-state index >= 15 is 0 Å². The number of carbonyl (C=O) groups excluding carboxylic acids is 2. The molecular weight excluding hydrogens is 272 g/mol. The Balaban J connectivity index is 2.01. The average Bonchev–Trinajstić information content (AvgIpc) is 2.54. The van der Waals surface area contributed by atoms with Crippen LogP contribution in [0.5, 0.6) is 5.88 Å². The molecule has 7 nitrogen and oxygen atoms in total. The Hall–Kier alpha value is -2.96. The molecule has 2 rings (SSSR count). The lowest BCUT2D eigenvalue weighted by atomic mass is 10.2. The normalized spacial score (nSPS) is 9.76. The number of hydrogen-bond acceptors (Lipinski definition) is 5. The second-order valence-electron chi connectivity index (χ2n) is 3.94. The van der Waals surface area contributed by atoms with E-state index in [0.717, 1.165) is 0 Å². The maximum absolute atomic E-state index is 12.0.